The van der Waals surface area contributed by atoms with E-state index >= 15 is 0 Å². The van der Waals surface area contributed by atoms with Crippen molar-refractivity contribution in [3.63, 3.8) is 0 Å². The molecular weight excluding hydrogens is 304 g/mol. The normalized spacial score (nSPS) is 13.7. The van der Waals surface area contributed by atoms with Crippen LogP contribution in [0.4, 0.5) is 11.5 Å². The molecule has 6 nitrogen and oxygen atoms in total. The molecule has 0 radical (unpaired) electrons. The molecule has 0 spiro atoms. The summed E-state index contributed by atoms with van der Waals surface area (Å²) in [6, 6.07) is 7.30. The third-order valence-corrected chi connectivity index (χ3v) is 3.45. The molecule has 1 fully saturated rings. The number of anilines is 2. The van der Waals surface area contributed by atoms with Crippen molar-refractivity contribution in [2.45, 2.75) is 25.7 Å². The zero-order valence-electron chi connectivity index (χ0n) is 12.0. The van der Waals surface area contributed by atoms with Gasteiger partial charge in [-0.1, -0.05) is 17.7 Å². The number of aromatic nitrogens is 3. The van der Waals surface area contributed by atoms with Crippen molar-refractivity contribution >= 4 is 29.1 Å². The van der Waals surface area contributed by atoms with Crippen molar-refractivity contribution in [2.75, 3.05) is 11.9 Å². The van der Waals surface area contributed by atoms with E-state index < -0.39 is 5.97 Å². The minimum absolute atomic E-state index is 0.0878. The number of rotatable bonds is 5. The predicted molar refractivity (Wildman–Crippen MR) is 82.5 cm³/mol. The van der Waals surface area contributed by atoms with Crippen LogP contribution in [0.15, 0.2) is 24.3 Å². The summed E-state index contributed by atoms with van der Waals surface area (Å²) in [5.74, 6) is 0.636. The molecule has 2 heterocycles. The average molecular weight is 319 g/mol. The number of esters is 1. The van der Waals surface area contributed by atoms with Gasteiger partial charge in [0.25, 0.3) is 0 Å². The first-order valence-corrected chi connectivity index (χ1v) is 7.49. The van der Waals surface area contributed by atoms with E-state index in [1.165, 1.54) is 18.9 Å². The monoisotopic (exact) mass is 318 g/mol. The van der Waals surface area contributed by atoms with Crippen molar-refractivity contribution < 1.29 is 9.53 Å². The van der Waals surface area contributed by atoms with Gasteiger partial charge in [0.15, 0.2) is 10.8 Å². The number of pyridine rings is 1. The van der Waals surface area contributed by atoms with Gasteiger partial charge in [-0.3, -0.25) is 0 Å². The number of nitrogens with zero attached hydrogens (tertiary/aromatic N) is 3. The minimum atomic E-state index is -0.549. The molecule has 22 heavy (non-hydrogen) atoms. The molecule has 1 aliphatic rings. The highest BCUT2D eigenvalue weighted by Crippen LogP contribution is 2.39. The molecule has 0 unspecified atom stereocenters. The number of ether oxygens (including phenoxy) is 1. The number of carbonyl (C=O) groups is 1. The van der Waals surface area contributed by atoms with Crippen LogP contribution in [0.1, 0.15) is 41.9 Å². The van der Waals surface area contributed by atoms with Crippen LogP contribution in [0.25, 0.3) is 0 Å². The number of hydrogen-bond acceptors (Lipinski definition) is 6. The zero-order valence-corrected chi connectivity index (χ0v) is 12.8. The molecule has 1 aliphatic carbocycles. The van der Waals surface area contributed by atoms with E-state index in [0.717, 1.165) is 5.69 Å². The average Bonchev–Trinajstić information content (AvgIpc) is 3.32. The first-order chi connectivity index (χ1) is 10.7. The molecule has 0 atom stereocenters. The first-order valence-electron chi connectivity index (χ1n) is 7.11. The van der Waals surface area contributed by atoms with Gasteiger partial charge < -0.3 is 10.1 Å². The molecule has 1 N–H and O–H groups in total. The highest BCUT2D eigenvalue weighted by Gasteiger charge is 2.25. The van der Waals surface area contributed by atoms with Crippen LogP contribution in [-0.4, -0.2) is 27.8 Å². The largest absolute Gasteiger partial charge is 0.461 e. The summed E-state index contributed by atoms with van der Waals surface area (Å²) in [5.41, 5.74) is 1.57. The van der Waals surface area contributed by atoms with Crippen molar-refractivity contribution in [2.24, 2.45) is 0 Å². The summed E-state index contributed by atoms with van der Waals surface area (Å²) >= 11 is 5.87. The summed E-state index contributed by atoms with van der Waals surface area (Å²) in [6.45, 7) is 1.99. The summed E-state index contributed by atoms with van der Waals surface area (Å²) in [6.07, 6.45) is 2.35. The fourth-order valence-electron chi connectivity index (χ4n) is 2.08. The molecule has 0 saturated heterocycles. The molecule has 2 aromatic heterocycles. The molecule has 1 saturated carbocycles. The third kappa shape index (κ3) is 3.33. The highest BCUT2D eigenvalue weighted by atomic mass is 35.5. The molecule has 0 amide bonds. The Labute approximate surface area is 132 Å². The van der Waals surface area contributed by atoms with E-state index in [-0.39, 0.29) is 17.5 Å². The standard InChI is InChI=1S/C15H15ClN4O2/c1-2-22-15(21)14-11(8-12(16)19-20-14)18-13-5-3-4-10(17-13)9-6-7-9/h3-5,8-9H,2,6-7H2,1H3,(H,17,18,19). The summed E-state index contributed by atoms with van der Waals surface area (Å²) < 4.78 is 4.97. The maximum absolute atomic E-state index is 11.9. The third-order valence-electron chi connectivity index (χ3n) is 3.26. The second-order valence-electron chi connectivity index (χ2n) is 5.00. The number of nitrogens with one attached hydrogen (secondary N) is 1. The molecule has 3 rings (SSSR count). The Morgan fingerprint density at radius 2 is 2.23 bits per heavy atom. The fourth-order valence-corrected chi connectivity index (χ4v) is 2.23. The van der Waals surface area contributed by atoms with Crippen LogP contribution in [0.2, 0.25) is 5.15 Å². The quantitative estimate of drug-likeness (QED) is 0.852. The molecule has 0 bridgehead atoms. The van der Waals surface area contributed by atoms with Gasteiger partial charge in [0, 0.05) is 17.7 Å². The Morgan fingerprint density at radius 3 is 2.95 bits per heavy atom. The van der Waals surface area contributed by atoms with Crippen LogP contribution in [-0.2, 0) is 4.74 Å². The lowest BCUT2D eigenvalue weighted by Crippen LogP contribution is -2.12. The van der Waals surface area contributed by atoms with Gasteiger partial charge in [-0.05, 0) is 31.9 Å². The van der Waals surface area contributed by atoms with Gasteiger partial charge >= 0.3 is 5.97 Å². The molecule has 0 aromatic carbocycles. The maximum atomic E-state index is 11.9. The van der Waals surface area contributed by atoms with Crippen LogP contribution in [0.3, 0.4) is 0 Å². The van der Waals surface area contributed by atoms with Crippen molar-refractivity contribution in [1.29, 1.82) is 0 Å². The fraction of sp³-hybridized carbons (Fsp3) is 0.333. The van der Waals surface area contributed by atoms with E-state index in [0.29, 0.717) is 17.4 Å². The van der Waals surface area contributed by atoms with Gasteiger partial charge in [-0.25, -0.2) is 9.78 Å². The van der Waals surface area contributed by atoms with E-state index in [1.54, 1.807) is 6.92 Å². The van der Waals surface area contributed by atoms with Gasteiger partial charge in [0.1, 0.15) is 5.82 Å². The smallest absolute Gasteiger partial charge is 0.361 e. The van der Waals surface area contributed by atoms with Crippen molar-refractivity contribution in [3.8, 4) is 0 Å². The van der Waals surface area contributed by atoms with Crippen molar-refractivity contribution in [1.82, 2.24) is 15.2 Å². The zero-order chi connectivity index (χ0) is 15.5. The summed E-state index contributed by atoms with van der Waals surface area (Å²) in [4.78, 5) is 16.5. The van der Waals surface area contributed by atoms with Gasteiger partial charge in [-0.15, -0.1) is 10.2 Å². The van der Waals surface area contributed by atoms with Crippen LogP contribution in [0, 0.1) is 0 Å². The van der Waals surface area contributed by atoms with E-state index in [2.05, 4.69) is 20.5 Å². The number of hydrogen-bond donors (Lipinski definition) is 1. The second-order valence-corrected chi connectivity index (χ2v) is 5.38. The Hall–Kier alpha value is -2.21. The lowest BCUT2D eigenvalue weighted by atomic mass is 10.2. The van der Waals surface area contributed by atoms with E-state index in [1.807, 2.05) is 18.2 Å². The van der Waals surface area contributed by atoms with Gasteiger partial charge in [0.2, 0.25) is 0 Å². The predicted octanol–water partition coefficient (Wildman–Crippen LogP) is 3.32. The Balaban J connectivity index is 1.88. The number of carbonyl (C=O) groups excluding carboxylic acids is 1. The Morgan fingerprint density at radius 1 is 1.41 bits per heavy atom. The highest BCUT2D eigenvalue weighted by molar-refractivity contribution is 6.29. The SMILES string of the molecule is CCOC(=O)c1nnc(Cl)cc1Nc1cccc(C2CC2)n1. The molecular formula is C15H15ClN4O2. The summed E-state index contributed by atoms with van der Waals surface area (Å²) in [7, 11) is 0. The minimum Gasteiger partial charge on any atom is -0.461 e. The van der Waals surface area contributed by atoms with Crippen molar-refractivity contribution in [3.05, 3.63) is 40.8 Å². The first kappa shape index (κ1) is 14.7. The lowest BCUT2D eigenvalue weighted by molar-refractivity contribution is 0.0519. The van der Waals surface area contributed by atoms with Gasteiger partial charge in [0.05, 0.1) is 12.3 Å². The second kappa shape index (κ2) is 6.27. The maximum Gasteiger partial charge on any atom is 0.361 e. The Bertz CT molecular complexity index is 704. The number of halogens is 1. The molecule has 114 valence electrons. The molecule has 7 heteroatoms. The molecule has 2 aromatic rings. The van der Waals surface area contributed by atoms with Crippen LogP contribution >= 0.6 is 11.6 Å². The summed E-state index contributed by atoms with van der Waals surface area (Å²) in [5, 5.41) is 10.8. The van der Waals surface area contributed by atoms with E-state index in [9.17, 15) is 4.79 Å². The van der Waals surface area contributed by atoms with Gasteiger partial charge in [-0.2, -0.15) is 0 Å². The van der Waals surface area contributed by atoms with Crippen LogP contribution < -0.4 is 5.32 Å². The van der Waals surface area contributed by atoms with E-state index in [4.69, 9.17) is 16.3 Å². The Kier molecular flexibility index (Phi) is 4.20. The molecule has 0 aliphatic heterocycles. The van der Waals surface area contributed by atoms with Crippen LogP contribution in [0.5, 0.6) is 0 Å². The topological polar surface area (TPSA) is 77.0 Å². The lowest BCUT2D eigenvalue weighted by Gasteiger charge is -2.10.